The average Bonchev–Trinajstić information content (AvgIpc) is 2.60. The van der Waals surface area contributed by atoms with Crippen molar-refractivity contribution in [2.45, 2.75) is 25.7 Å². The van der Waals surface area contributed by atoms with E-state index in [1.54, 1.807) is 0 Å². The smallest absolute Gasteiger partial charge is 0.0784 e. The quantitative estimate of drug-likeness (QED) is 0.408. The highest BCUT2D eigenvalue weighted by molar-refractivity contribution is 4.46. The first-order chi connectivity index (χ1) is 5.71. The molecule has 2 fully saturated rings. The van der Waals surface area contributed by atoms with E-state index in [2.05, 4.69) is 19.4 Å². The molecule has 2 N–H and O–H groups in total. The van der Waals surface area contributed by atoms with Crippen LogP contribution in [0.25, 0.3) is 0 Å². The molecule has 0 atom stereocenters. The van der Waals surface area contributed by atoms with Crippen molar-refractivity contribution in [1.82, 2.24) is 0 Å². The van der Waals surface area contributed by atoms with Crippen LogP contribution >= 0.6 is 0 Å². The van der Waals surface area contributed by atoms with E-state index in [1.807, 2.05) is 0 Å². The fraction of sp³-hybridized carbons (Fsp3) is 1.00. The molecule has 4 heteroatoms. The van der Waals surface area contributed by atoms with Crippen LogP contribution < -0.4 is 30.1 Å². The van der Waals surface area contributed by atoms with Crippen LogP contribution in [0.2, 0.25) is 0 Å². The second-order valence-electron chi connectivity index (χ2n) is 4.66. The molecule has 0 saturated carbocycles. The molecular weight excluding hydrogens is 219 g/mol. The summed E-state index contributed by atoms with van der Waals surface area (Å²) in [7, 11) is 4.60. The Balaban J connectivity index is 0. The van der Waals surface area contributed by atoms with E-state index in [4.69, 9.17) is 0 Å². The minimum Gasteiger partial charge on any atom is -1.00 e. The first kappa shape index (κ1) is 16.9. The highest BCUT2D eigenvalue weighted by atomic mass is 35.5. The summed E-state index contributed by atoms with van der Waals surface area (Å²) in [5.74, 6) is 0. The van der Waals surface area contributed by atoms with Crippen LogP contribution in [0.3, 0.4) is 0 Å². The van der Waals surface area contributed by atoms with Crippen molar-refractivity contribution in [1.29, 1.82) is 0 Å². The lowest BCUT2D eigenvalue weighted by atomic mass is 10.4. The van der Waals surface area contributed by atoms with Gasteiger partial charge in [0.2, 0.25) is 0 Å². The Morgan fingerprint density at radius 1 is 0.786 bits per heavy atom. The van der Waals surface area contributed by atoms with Crippen molar-refractivity contribution < 1.29 is 34.6 Å². The molecule has 0 bridgehead atoms. The molecule has 0 spiro atoms. The van der Waals surface area contributed by atoms with Crippen LogP contribution in [0, 0.1) is 0 Å². The Morgan fingerprint density at radius 2 is 1.21 bits per heavy atom. The Hall–Kier alpha value is 0.500. The molecule has 0 unspecified atom stereocenters. The number of likely N-dealkylation sites (tertiary alicyclic amines) is 1. The van der Waals surface area contributed by atoms with E-state index in [0.717, 1.165) is 0 Å². The second-order valence-corrected chi connectivity index (χ2v) is 4.66. The number of nitrogens with zero attached hydrogens (tertiary/aromatic N) is 1. The predicted octanol–water partition coefficient (Wildman–Crippen LogP) is -5.79. The third-order valence-corrected chi connectivity index (χ3v) is 2.84. The van der Waals surface area contributed by atoms with Gasteiger partial charge in [-0.3, -0.25) is 0 Å². The largest absolute Gasteiger partial charge is 1.00 e. The van der Waals surface area contributed by atoms with E-state index in [1.165, 1.54) is 56.3 Å². The lowest BCUT2D eigenvalue weighted by Crippen LogP contribution is -3.00. The lowest BCUT2D eigenvalue weighted by molar-refractivity contribution is -0.877. The molecule has 0 amide bonds. The average molecular weight is 243 g/mol. The standard InChI is InChI=1S/C6H14N.C4H9N.2ClH/c1-7(2)5-3-4-6-7;1-2-4-5-3-1;;/h3-6H2,1-2H3;5H,1-4H2;2*1H/q+1;;;/p-1. The molecular formula is C10H24Cl2N2. The van der Waals surface area contributed by atoms with Gasteiger partial charge in [0.1, 0.15) is 0 Å². The molecule has 88 valence electrons. The van der Waals surface area contributed by atoms with Gasteiger partial charge in [-0.05, 0) is 0 Å². The number of hydrogen-bond donors (Lipinski definition) is 1. The van der Waals surface area contributed by atoms with Gasteiger partial charge in [-0.1, -0.05) is 0 Å². The number of quaternary nitrogens is 2. The Kier molecular flexibility index (Phi) is 10.6. The monoisotopic (exact) mass is 242 g/mol. The van der Waals surface area contributed by atoms with E-state index < -0.39 is 0 Å². The van der Waals surface area contributed by atoms with Crippen molar-refractivity contribution in [3.63, 3.8) is 0 Å². The van der Waals surface area contributed by atoms with Crippen LogP contribution in [0.4, 0.5) is 0 Å². The van der Waals surface area contributed by atoms with Gasteiger partial charge in [0.25, 0.3) is 0 Å². The van der Waals surface area contributed by atoms with Crippen molar-refractivity contribution in [3.8, 4) is 0 Å². The van der Waals surface area contributed by atoms with Crippen LogP contribution in [-0.2, 0) is 0 Å². The fourth-order valence-electron chi connectivity index (χ4n) is 1.91. The molecule has 2 heterocycles. The van der Waals surface area contributed by atoms with Crippen LogP contribution in [-0.4, -0.2) is 44.8 Å². The molecule has 2 rings (SSSR count). The second kappa shape index (κ2) is 8.78. The molecule has 0 aromatic rings. The molecule has 0 aliphatic carbocycles. The minimum absolute atomic E-state index is 0. The van der Waals surface area contributed by atoms with E-state index in [0.29, 0.717) is 0 Å². The Bertz CT molecular complexity index is 110. The summed E-state index contributed by atoms with van der Waals surface area (Å²) in [6, 6.07) is 0. The number of hydrogen-bond acceptors (Lipinski definition) is 0. The number of halogens is 2. The zero-order chi connectivity index (χ0) is 8.86. The highest BCUT2D eigenvalue weighted by Gasteiger charge is 2.19. The van der Waals surface area contributed by atoms with Crippen molar-refractivity contribution in [3.05, 3.63) is 0 Å². The number of nitrogens with two attached hydrogens (primary N) is 1. The summed E-state index contributed by atoms with van der Waals surface area (Å²) >= 11 is 0. The first-order valence-corrected chi connectivity index (χ1v) is 5.34. The maximum atomic E-state index is 2.36. The first-order valence-electron chi connectivity index (χ1n) is 5.34. The molecule has 2 nitrogen and oxygen atoms in total. The van der Waals surface area contributed by atoms with Crippen LogP contribution in [0.5, 0.6) is 0 Å². The Labute approximate surface area is 101 Å². The van der Waals surface area contributed by atoms with Crippen LogP contribution in [0.15, 0.2) is 0 Å². The summed E-state index contributed by atoms with van der Waals surface area (Å²) in [6.45, 7) is 5.53. The normalized spacial score (nSPS) is 22.7. The molecule has 2 aliphatic rings. The minimum atomic E-state index is 0. The zero-order valence-corrected chi connectivity index (χ0v) is 10.9. The maximum Gasteiger partial charge on any atom is 0.0784 e. The third-order valence-electron chi connectivity index (χ3n) is 2.84. The van der Waals surface area contributed by atoms with Gasteiger partial charge in [0, 0.05) is 25.7 Å². The van der Waals surface area contributed by atoms with Crippen molar-refractivity contribution in [2.75, 3.05) is 40.3 Å². The van der Waals surface area contributed by atoms with Gasteiger partial charge < -0.3 is 34.6 Å². The SMILES string of the molecule is C1CC[NH2+]C1.C[N+]1(C)CCCC1.[Cl-].[Cl-]. The van der Waals surface area contributed by atoms with Gasteiger partial charge in [0.05, 0.1) is 40.3 Å². The van der Waals surface area contributed by atoms with Gasteiger partial charge in [-0.15, -0.1) is 0 Å². The van der Waals surface area contributed by atoms with Crippen molar-refractivity contribution in [2.24, 2.45) is 0 Å². The van der Waals surface area contributed by atoms with E-state index >= 15 is 0 Å². The highest BCUT2D eigenvalue weighted by Crippen LogP contribution is 2.11. The van der Waals surface area contributed by atoms with Gasteiger partial charge >= 0.3 is 0 Å². The maximum absolute atomic E-state index is 2.36. The summed E-state index contributed by atoms with van der Waals surface area (Å²) < 4.78 is 1.25. The van der Waals surface area contributed by atoms with E-state index in [-0.39, 0.29) is 24.8 Å². The summed E-state index contributed by atoms with van der Waals surface area (Å²) in [5.41, 5.74) is 0. The summed E-state index contributed by atoms with van der Waals surface area (Å²) in [5, 5.41) is 2.36. The molecule has 0 radical (unpaired) electrons. The molecule has 0 aromatic carbocycles. The molecule has 2 saturated heterocycles. The topological polar surface area (TPSA) is 16.6 Å². The summed E-state index contributed by atoms with van der Waals surface area (Å²) in [6.07, 6.45) is 5.76. The Morgan fingerprint density at radius 3 is 1.36 bits per heavy atom. The summed E-state index contributed by atoms with van der Waals surface area (Å²) in [4.78, 5) is 0. The molecule has 0 aromatic heterocycles. The zero-order valence-electron chi connectivity index (χ0n) is 9.44. The van der Waals surface area contributed by atoms with Gasteiger partial charge in [0.15, 0.2) is 0 Å². The van der Waals surface area contributed by atoms with Crippen LogP contribution in [0.1, 0.15) is 25.7 Å². The number of rotatable bonds is 0. The third kappa shape index (κ3) is 7.86. The molecule has 2 aliphatic heterocycles. The predicted molar refractivity (Wildman–Crippen MR) is 52.0 cm³/mol. The van der Waals surface area contributed by atoms with E-state index in [9.17, 15) is 0 Å². The van der Waals surface area contributed by atoms with Gasteiger partial charge in [-0.2, -0.15) is 0 Å². The lowest BCUT2D eigenvalue weighted by Gasteiger charge is -2.21. The fourth-order valence-corrected chi connectivity index (χ4v) is 1.91. The molecule has 14 heavy (non-hydrogen) atoms. The van der Waals surface area contributed by atoms with Crippen molar-refractivity contribution >= 4 is 0 Å². The van der Waals surface area contributed by atoms with Gasteiger partial charge in [-0.25, -0.2) is 0 Å².